The van der Waals surface area contributed by atoms with Crippen LogP contribution in [0.15, 0.2) is 12.7 Å². The van der Waals surface area contributed by atoms with Crippen LogP contribution in [0.3, 0.4) is 0 Å². The van der Waals surface area contributed by atoms with Crippen LogP contribution in [0, 0.1) is 11.3 Å². The first-order chi connectivity index (χ1) is 5.45. The maximum Gasteiger partial charge on any atom is 0.0648 e. The van der Waals surface area contributed by atoms with Crippen LogP contribution in [0.25, 0.3) is 0 Å². The summed E-state index contributed by atoms with van der Waals surface area (Å²) in [4.78, 5) is 0. The molecule has 0 saturated carbocycles. The van der Waals surface area contributed by atoms with Crippen LogP contribution < -0.4 is 0 Å². The molecule has 1 atom stereocenters. The maximum atomic E-state index is 5.48. The third kappa shape index (κ3) is 2.98. The lowest BCUT2D eigenvalue weighted by molar-refractivity contribution is -0.0234. The highest BCUT2D eigenvalue weighted by Gasteiger charge is 2.30. The average Bonchev–Trinajstić information content (AvgIpc) is 1.86. The van der Waals surface area contributed by atoms with Gasteiger partial charge in [0.15, 0.2) is 0 Å². The molecule has 0 rings (SSSR count). The van der Waals surface area contributed by atoms with E-state index in [2.05, 4.69) is 34.3 Å². The Hall–Kier alpha value is -0.300. The first kappa shape index (κ1) is 11.7. The summed E-state index contributed by atoms with van der Waals surface area (Å²) in [5, 5.41) is 0. The molecule has 0 radical (unpaired) electrons. The Labute approximate surface area is 76.8 Å². The number of hydrogen-bond donors (Lipinski definition) is 0. The van der Waals surface area contributed by atoms with Gasteiger partial charge in [0.1, 0.15) is 0 Å². The van der Waals surface area contributed by atoms with E-state index >= 15 is 0 Å². The second-order valence-corrected chi connectivity index (χ2v) is 4.38. The van der Waals surface area contributed by atoms with Crippen LogP contribution in [-0.4, -0.2) is 13.2 Å². The van der Waals surface area contributed by atoms with Gasteiger partial charge in [-0.25, -0.2) is 0 Å². The summed E-state index contributed by atoms with van der Waals surface area (Å²) >= 11 is 0. The first-order valence-electron chi connectivity index (χ1n) is 4.59. The van der Waals surface area contributed by atoms with Crippen LogP contribution in [-0.2, 0) is 4.74 Å². The molecule has 0 aromatic carbocycles. The van der Waals surface area contributed by atoms with Crippen molar-refractivity contribution in [1.29, 1.82) is 0 Å². The third-order valence-corrected chi connectivity index (χ3v) is 2.30. The molecular weight excluding hydrogens is 148 g/mol. The Balaban J connectivity index is 4.35. The van der Waals surface area contributed by atoms with Crippen molar-refractivity contribution < 1.29 is 4.74 Å². The fourth-order valence-corrected chi connectivity index (χ4v) is 1.98. The summed E-state index contributed by atoms with van der Waals surface area (Å²) in [6, 6.07) is 0. The van der Waals surface area contributed by atoms with E-state index in [1.807, 2.05) is 6.08 Å². The summed E-state index contributed by atoms with van der Waals surface area (Å²) in [6.45, 7) is 12.6. The summed E-state index contributed by atoms with van der Waals surface area (Å²) in [5.41, 5.74) is 0.199. The SMILES string of the molecule is C=CCC(C)(C)[C@H](OC)C(C)C. The molecule has 0 bridgehead atoms. The van der Waals surface area contributed by atoms with E-state index in [1.54, 1.807) is 7.11 Å². The van der Waals surface area contributed by atoms with Crippen molar-refractivity contribution in [1.82, 2.24) is 0 Å². The van der Waals surface area contributed by atoms with Crippen LogP contribution in [0.4, 0.5) is 0 Å². The molecule has 0 aliphatic rings. The minimum atomic E-state index is 0.199. The lowest BCUT2D eigenvalue weighted by atomic mass is 9.78. The van der Waals surface area contributed by atoms with Gasteiger partial charge in [-0.2, -0.15) is 0 Å². The maximum absolute atomic E-state index is 5.48. The Morgan fingerprint density at radius 3 is 2.17 bits per heavy atom. The molecule has 0 spiro atoms. The lowest BCUT2D eigenvalue weighted by Crippen LogP contribution is -2.35. The molecule has 0 aromatic heterocycles. The molecular formula is C11H22O. The third-order valence-electron chi connectivity index (χ3n) is 2.30. The van der Waals surface area contributed by atoms with Crippen molar-refractivity contribution in [3.05, 3.63) is 12.7 Å². The number of hydrogen-bond acceptors (Lipinski definition) is 1. The number of ether oxygens (including phenoxy) is 1. The molecule has 0 aliphatic heterocycles. The zero-order chi connectivity index (χ0) is 9.78. The standard InChI is InChI=1S/C11H22O/c1-7-8-11(4,5)10(12-6)9(2)3/h7,9-10H,1,8H2,2-6H3/t10-/m1/s1. The van der Waals surface area contributed by atoms with Gasteiger partial charge in [0.25, 0.3) is 0 Å². The van der Waals surface area contributed by atoms with Crippen molar-refractivity contribution in [2.75, 3.05) is 7.11 Å². The molecule has 0 aliphatic carbocycles. The fourth-order valence-electron chi connectivity index (χ4n) is 1.98. The Morgan fingerprint density at radius 1 is 1.42 bits per heavy atom. The molecule has 0 N–H and O–H groups in total. The van der Waals surface area contributed by atoms with E-state index in [9.17, 15) is 0 Å². The van der Waals surface area contributed by atoms with Crippen molar-refractivity contribution in [3.8, 4) is 0 Å². The van der Waals surface area contributed by atoms with Gasteiger partial charge in [-0.1, -0.05) is 33.8 Å². The summed E-state index contributed by atoms with van der Waals surface area (Å²) in [7, 11) is 1.79. The second-order valence-electron chi connectivity index (χ2n) is 4.38. The fraction of sp³-hybridized carbons (Fsp3) is 0.818. The zero-order valence-electron chi connectivity index (χ0n) is 9.05. The molecule has 12 heavy (non-hydrogen) atoms. The van der Waals surface area contributed by atoms with Crippen molar-refractivity contribution in [2.45, 2.75) is 40.2 Å². The molecule has 0 fully saturated rings. The monoisotopic (exact) mass is 170 g/mol. The van der Waals surface area contributed by atoms with Crippen molar-refractivity contribution in [2.24, 2.45) is 11.3 Å². The Bertz CT molecular complexity index is 136. The predicted octanol–water partition coefficient (Wildman–Crippen LogP) is 3.26. The highest BCUT2D eigenvalue weighted by molar-refractivity contribution is 4.87. The molecule has 0 amide bonds. The van der Waals surface area contributed by atoms with Gasteiger partial charge < -0.3 is 4.74 Å². The molecule has 0 heterocycles. The van der Waals surface area contributed by atoms with Gasteiger partial charge in [-0.3, -0.25) is 0 Å². The van der Waals surface area contributed by atoms with E-state index in [1.165, 1.54) is 0 Å². The second kappa shape index (κ2) is 4.66. The molecule has 0 unspecified atom stereocenters. The molecule has 1 nitrogen and oxygen atoms in total. The number of rotatable bonds is 5. The average molecular weight is 170 g/mol. The number of allylic oxidation sites excluding steroid dienone is 1. The molecule has 0 aromatic rings. The van der Waals surface area contributed by atoms with Crippen molar-refractivity contribution in [3.63, 3.8) is 0 Å². The normalized spacial score (nSPS) is 14.8. The summed E-state index contributed by atoms with van der Waals surface area (Å²) in [6.07, 6.45) is 3.29. The molecule has 0 saturated heterocycles. The highest BCUT2D eigenvalue weighted by Crippen LogP contribution is 2.31. The first-order valence-corrected chi connectivity index (χ1v) is 4.59. The zero-order valence-corrected chi connectivity index (χ0v) is 9.05. The van der Waals surface area contributed by atoms with Gasteiger partial charge in [-0.15, -0.1) is 6.58 Å². The van der Waals surface area contributed by atoms with E-state index in [4.69, 9.17) is 4.74 Å². The molecule has 1 heteroatoms. The topological polar surface area (TPSA) is 9.23 Å². The highest BCUT2D eigenvalue weighted by atomic mass is 16.5. The Morgan fingerprint density at radius 2 is 1.92 bits per heavy atom. The van der Waals surface area contributed by atoms with Gasteiger partial charge in [-0.05, 0) is 17.8 Å². The van der Waals surface area contributed by atoms with Crippen LogP contribution in [0.1, 0.15) is 34.1 Å². The van der Waals surface area contributed by atoms with Gasteiger partial charge in [0.2, 0.25) is 0 Å². The van der Waals surface area contributed by atoms with E-state index in [-0.39, 0.29) is 5.41 Å². The van der Waals surface area contributed by atoms with Gasteiger partial charge in [0.05, 0.1) is 6.10 Å². The minimum Gasteiger partial charge on any atom is -0.381 e. The Kier molecular flexibility index (Phi) is 4.54. The lowest BCUT2D eigenvalue weighted by Gasteiger charge is -2.35. The minimum absolute atomic E-state index is 0.199. The van der Waals surface area contributed by atoms with Gasteiger partial charge in [0, 0.05) is 7.11 Å². The van der Waals surface area contributed by atoms with Crippen LogP contribution in [0.2, 0.25) is 0 Å². The van der Waals surface area contributed by atoms with E-state index in [0.29, 0.717) is 12.0 Å². The van der Waals surface area contributed by atoms with Crippen LogP contribution >= 0.6 is 0 Å². The summed E-state index contributed by atoms with van der Waals surface area (Å²) in [5.74, 6) is 0.560. The molecule has 72 valence electrons. The quantitative estimate of drug-likeness (QED) is 0.575. The van der Waals surface area contributed by atoms with Crippen molar-refractivity contribution >= 4 is 0 Å². The van der Waals surface area contributed by atoms with Crippen LogP contribution in [0.5, 0.6) is 0 Å². The number of methoxy groups -OCH3 is 1. The van der Waals surface area contributed by atoms with Gasteiger partial charge >= 0.3 is 0 Å². The smallest absolute Gasteiger partial charge is 0.0648 e. The predicted molar refractivity (Wildman–Crippen MR) is 54.2 cm³/mol. The van der Waals surface area contributed by atoms with E-state index < -0.39 is 0 Å². The summed E-state index contributed by atoms with van der Waals surface area (Å²) < 4.78 is 5.48. The van der Waals surface area contributed by atoms with E-state index in [0.717, 1.165) is 6.42 Å². The largest absolute Gasteiger partial charge is 0.381 e.